The predicted octanol–water partition coefficient (Wildman–Crippen LogP) is 0.687. The van der Waals surface area contributed by atoms with Gasteiger partial charge in [0.2, 0.25) is 0 Å². The van der Waals surface area contributed by atoms with Crippen LogP contribution < -0.4 is 0 Å². The fraction of sp³-hybridized carbons (Fsp3) is 1.00. The molecule has 1 rings (SSSR count). The van der Waals surface area contributed by atoms with Crippen LogP contribution in [0.2, 0.25) is 0 Å². The first-order chi connectivity index (χ1) is 11.6. The number of nitro groups is 4. The van der Waals surface area contributed by atoms with Crippen LogP contribution in [0.1, 0.15) is 32.6 Å². The van der Waals surface area contributed by atoms with Gasteiger partial charge >= 0.3 is 11.3 Å². The van der Waals surface area contributed by atoms with Crippen molar-refractivity contribution in [3.63, 3.8) is 0 Å². The monoisotopic (exact) mass is 366 g/mol. The highest BCUT2D eigenvalue weighted by Crippen LogP contribution is 2.36. The van der Waals surface area contributed by atoms with Crippen molar-refractivity contribution in [2.45, 2.75) is 43.9 Å². The lowest BCUT2D eigenvalue weighted by molar-refractivity contribution is -0.809. The van der Waals surface area contributed by atoms with Gasteiger partial charge in [-0.15, -0.1) is 0 Å². The van der Waals surface area contributed by atoms with Gasteiger partial charge in [-0.3, -0.25) is 40.5 Å². The molecular formula is C11H18N4O10. The fourth-order valence-electron chi connectivity index (χ4n) is 2.63. The summed E-state index contributed by atoms with van der Waals surface area (Å²) in [5, 5.41) is 44.0. The molecule has 1 saturated carbocycles. The molecule has 0 bridgehead atoms. The quantitative estimate of drug-likeness (QED) is 0.217. The highest BCUT2D eigenvalue weighted by atomic mass is 16.7. The van der Waals surface area contributed by atoms with E-state index in [1.165, 1.54) is 0 Å². The van der Waals surface area contributed by atoms with E-state index in [9.17, 15) is 40.5 Å². The molecule has 0 spiro atoms. The molecule has 0 N–H and O–H groups in total. The molecule has 25 heavy (non-hydrogen) atoms. The summed E-state index contributed by atoms with van der Waals surface area (Å²) in [7, 11) is 0. The first-order valence-corrected chi connectivity index (χ1v) is 7.32. The van der Waals surface area contributed by atoms with E-state index in [4.69, 9.17) is 4.74 Å². The van der Waals surface area contributed by atoms with Crippen molar-refractivity contribution in [1.82, 2.24) is 0 Å². The Kier molecular flexibility index (Phi) is 6.63. The number of hydrogen-bond acceptors (Lipinski definition) is 10. The Hall–Kier alpha value is -2.48. The van der Waals surface area contributed by atoms with Crippen molar-refractivity contribution >= 4 is 0 Å². The maximum atomic E-state index is 11.3. The van der Waals surface area contributed by atoms with Crippen molar-refractivity contribution in [3.8, 4) is 0 Å². The van der Waals surface area contributed by atoms with Crippen molar-refractivity contribution in [3.05, 3.63) is 40.5 Å². The van der Waals surface area contributed by atoms with Gasteiger partial charge in [-0.1, -0.05) is 12.8 Å². The Labute approximate surface area is 140 Å². The van der Waals surface area contributed by atoms with Crippen LogP contribution in [0.5, 0.6) is 0 Å². The van der Waals surface area contributed by atoms with Gasteiger partial charge in [0.15, 0.2) is 13.2 Å². The predicted molar refractivity (Wildman–Crippen MR) is 77.8 cm³/mol. The van der Waals surface area contributed by atoms with Gasteiger partial charge in [-0.05, 0) is 12.8 Å². The molecule has 14 heteroatoms. The van der Waals surface area contributed by atoms with Crippen molar-refractivity contribution in [2.24, 2.45) is 5.92 Å². The zero-order valence-electron chi connectivity index (χ0n) is 13.4. The minimum Gasteiger partial charge on any atom is -0.340 e. The normalized spacial score (nSPS) is 15.9. The number of ether oxygens (including phenoxy) is 2. The van der Waals surface area contributed by atoms with Crippen LogP contribution in [0.4, 0.5) is 0 Å². The van der Waals surface area contributed by atoms with Crippen molar-refractivity contribution in [1.29, 1.82) is 0 Å². The lowest BCUT2D eigenvalue weighted by atomic mass is 9.92. The molecule has 142 valence electrons. The Morgan fingerprint density at radius 1 is 0.840 bits per heavy atom. The van der Waals surface area contributed by atoms with E-state index in [2.05, 4.69) is 4.74 Å². The van der Waals surface area contributed by atoms with E-state index in [-0.39, 0.29) is 0 Å². The fourth-order valence-corrected chi connectivity index (χ4v) is 2.63. The molecule has 0 saturated heterocycles. The van der Waals surface area contributed by atoms with Gasteiger partial charge in [-0.25, -0.2) is 0 Å². The van der Waals surface area contributed by atoms with Crippen molar-refractivity contribution in [2.75, 3.05) is 20.0 Å². The van der Waals surface area contributed by atoms with Crippen molar-refractivity contribution < 1.29 is 29.2 Å². The minimum absolute atomic E-state index is 0.312. The third kappa shape index (κ3) is 4.14. The van der Waals surface area contributed by atoms with Gasteiger partial charge in [0.05, 0.1) is 6.92 Å². The summed E-state index contributed by atoms with van der Waals surface area (Å²) in [6.07, 6.45) is 1.89. The molecule has 0 radical (unpaired) electrons. The Morgan fingerprint density at radius 3 is 1.68 bits per heavy atom. The summed E-state index contributed by atoms with van der Waals surface area (Å²) in [4.78, 5) is 39.7. The topological polar surface area (TPSA) is 191 Å². The van der Waals surface area contributed by atoms with Crippen LogP contribution >= 0.6 is 0 Å². The lowest BCUT2D eigenvalue weighted by Crippen LogP contribution is -2.55. The number of hydrogen-bond donors (Lipinski definition) is 0. The second-order valence-corrected chi connectivity index (χ2v) is 5.92. The third-order valence-electron chi connectivity index (χ3n) is 4.28. The third-order valence-corrected chi connectivity index (χ3v) is 4.28. The van der Waals surface area contributed by atoms with Gasteiger partial charge in [-0.2, -0.15) is 0 Å². The molecule has 0 aromatic rings. The van der Waals surface area contributed by atoms with E-state index in [0.717, 1.165) is 6.92 Å². The van der Waals surface area contributed by atoms with E-state index in [0.29, 0.717) is 25.7 Å². The second-order valence-electron chi connectivity index (χ2n) is 5.92. The first-order valence-electron chi connectivity index (χ1n) is 7.32. The summed E-state index contributed by atoms with van der Waals surface area (Å²) in [6.45, 7) is -1.91. The molecular weight excluding hydrogens is 348 g/mol. The lowest BCUT2D eigenvalue weighted by Gasteiger charge is -2.22. The molecule has 0 aromatic carbocycles. The summed E-state index contributed by atoms with van der Waals surface area (Å²) in [5.41, 5.74) is -5.15. The zero-order chi connectivity index (χ0) is 19.3. The average Bonchev–Trinajstić information content (AvgIpc) is 3.03. The van der Waals surface area contributed by atoms with Crippen LogP contribution in [0.15, 0.2) is 0 Å². The molecule has 14 nitrogen and oxygen atoms in total. The molecule has 1 aliphatic rings. The average molecular weight is 366 g/mol. The van der Waals surface area contributed by atoms with Crippen LogP contribution in [0.25, 0.3) is 0 Å². The molecule has 0 aromatic heterocycles. The number of rotatable bonds is 11. The summed E-state index contributed by atoms with van der Waals surface area (Å²) >= 11 is 0. The van der Waals surface area contributed by atoms with E-state index >= 15 is 0 Å². The Balaban J connectivity index is 2.67. The summed E-state index contributed by atoms with van der Waals surface area (Å²) in [6, 6.07) is 0. The van der Waals surface area contributed by atoms with Crippen LogP contribution in [-0.2, 0) is 9.47 Å². The van der Waals surface area contributed by atoms with Gasteiger partial charge in [0.1, 0.15) is 32.4 Å². The van der Waals surface area contributed by atoms with Gasteiger partial charge < -0.3 is 9.47 Å². The van der Waals surface area contributed by atoms with Crippen LogP contribution in [-0.4, -0.2) is 51.0 Å². The SMILES string of the molecule is CC(COCOCC(C1CCCC1)([N+](=O)[O-])[N+](=O)[O-])([N+](=O)[O-])[N+](=O)[O-]. The summed E-state index contributed by atoms with van der Waals surface area (Å²) in [5.74, 6) is -0.805. The molecule has 1 fully saturated rings. The highest BCUT2D eigenvalue weighted by Gasteiger charge is 2.63. The van der Waals surface area contributed by atoms with E-state index in [1.807, 2.05) is 0 Å². The van der Waals surface area contributed by atoms with Crippen LogP contribution in [0.3, 0.4) is 0 Å². The number of nitrogens with zero attached hydrogens (tertiary/aromatic N) is 4. The standard InChI is InChI=1S/C11H18N4O10/c1-10(12(16)17,13(18)19)6-24-8-25-7-11(14(20)21,15(22)23)9-4-2-3-5-9/h9H,2-8H2,1H3. The largest absolute Gasteiger partial charge is 0.483 e. The Bertz CT molecular complexity index is 519. The van der Waals surface area contributed by atoms with Crippen LogP contribution in [0, 0.1) is 46.4 Å². The highest BCUT2D eigenvalue weighted by molar-refractivity contribution is 4.82. The first kappa shape index (κ1) is 20.6. The smallest absolute Gasteiger partial charge is 0.340 e. The maximum absolute atomic E-state index is 11.3. The molecule has 0 amide bonds. The summed E-state index contributed by atoms with van der Waals surface area (Å²) < 4.78 is 9.53. The molecule has 0 atom stereocenters. The maximum Gasteiger partial charge on any atom is 0.483 e. The molecule has 0 unspecified atom stereocenters. The minimum atomic E-state index is -2.61. The zero-order valence-corrected chi connectivity index (χ0v) is 13.4. The molecule has 0 heterocycles. The molecule has 0 aliphatic heterocycles. The van der Waals surface area contributed by atoms with E-state index < -0.39 is 56.9 Å². The molecule has 1 aliphatic carbocycles. The van der Waals surface area contributed by atoms with E-state index in [1.54, 1.807) is 0 Å². The van der Waals surface area contributed by atoms with Gasteiger partial charge in [0, 0.05) is 0 Å². The Morgan fingerprint density at radius 2 is 1.28 bits per heavy atom. The second kappa shape index (κ2) is 8.06. The van der Waals surface area contributed by atoms with Gasteiger partial charge in [0.25, 0.3) is 0 Å².